The van der Waals surface area contributed by atoms with E-state index in [9.17, 15) is 5.11 Å². The van der Waals surface area contributed by atoms with Crippen LogP contribution in [-0.4, -0.2) is 10.7 Å². The molecule has 3 aliphatic carbocycles. The smallest absolute Gasteiger partial charge is 0.150 e. The van der Waals surface area contributed by atoms with Crippen molar-refractivity contribution in [3.8, 4) is 0 Å². The Bertz CT molecular complexity index is 650. The fraction of sp³-hybridized carbons (Fsp3) is 0.714. The van der Waals surface area contributed by atoms with Gasteiger partial charge in [0.05, 0.1) is 11.0 Å². The van der Waals surface area contributed by atoms with Crippen molar-refractivity contribution in [1.29, 1.82) is 0 Å². The van der Waals surface area contributed by atoms with Crippen LogP contribution in [0.4, 0.5) is 0 Å². The van der Waals surface area contributed by atoms with Crippen LogP contribution in [-0.2, 0) is 4.52 Å². The van der Waals surface area contributed by atoms with Crippen LogP contribution >= 0.6 is 81.1 Å². The van der Waals surface area contributed by atoms with Crippen LogP contribution in [0.5, 0.6) is 0 Å². The SMILES string of the molecule is CC1=CC2C[C@]3(O)[C@H](C)C=C(OP(P(P)P)P(PP)P(P)P)C13C2(C)C. The molecule has 26 heavy (non-hydrogen) atoms. The van der Waals surface area contributed by atoms with Crippen molar-refractivity contribution in [2.24, 2.45) is 22.7 Å². The second-order valence-electron chi connectivity index (χ2n) is 7.90. The van der Waals surface area contributed by atoms with Crippen molar-refractivity contribution in [2.75, 3.05) is 0 Å². The Kier molecular flexibility index (Phi) is 7.88. The maximum absolute atomic E-state index is 11.8. The number of fused-ring (bicyclic) bond motifs is 1. The van der Waals surface area contributed by atoms with Crippen molar-refractivity contribution in [1.82, 2.24) is 0 Å². The molecular weight excluding hydrogens is 510 g/mol. The Morgan fingerprint density at radius 2 is 1.81 bits per heavy atom. The first kappa shape index (κ1) is 24.2. The second-order valence-corrected chi connectivity index (χ2v) is 42.4. The average molecular weight is 540 g/mol. The minimum atomic E-state index is -0.695. The number of rotatable bonds is 6. The fourth-order valence-corrected chi connectivity index (χ4v) is 71.1. The first-order valence-corrected chi connectivity index (χ1v) is 25.9. The zero-order chi connectivity index (χ0) is 19.7. The van der Waals surface area contributed by atoms with Gasteiger partial charge in [-0.3, -0.25) is 0 Å². The average Bonchev–Trinajstić information content (AvgIpc) is 2.94. The quantitative estimate of drug-likeness (QED) is 0.271. The summed E-state index contributed by atoms with van der Waals surface area (Å²) in [7, 11) is 15.4. The molecular formula is C14H30O2P10. The third-order valence-electron chi connectivity index (χ3n) is 6.51. The minimum Gasteiger partial charge on any atom is -0.467 e. The van der Waals surface area contributed by atoms with Gasteiger partial charge in [0.15, 0.2) is 0 Å². The lowest BCUT2D eigenvalue weighted by Gasteiger charge is -2.48. The van der Waals surface area contributed by atoms with Crippen LogP contribution in [0.1, 0.15) is 34.1 Å². The molecule has 1 saturated carbocycles. The highest BCUT2D eigenvalue weighted by Gasteiger charge is 2.77. The van der Waals surface area contributed by atoms with Gasteiger partial charge in [-0.25, -0.2) is 0 Å². The molecule has 1 N–H and O–H groups in total. The van der Waals surface area contributed by atoms with E-state index in [1.807, 2.05) is 0 Å². The summed E-state index contributed by atoms with van der Waals surface area (Å²) >= 11 is 0. The predicted octanol–water partition coefficient (Wildman–Crippen LogP) is 8.39. The van der Waals surface area contributed by atoms with E-state index >= 15 is 0 Å². The van der Waals surface area contributed by atoms with Crippen molar-refractivity contribution in [3.63, 3.8) is 0 Å². The van der Waals surface area contributed by atoms with Crippen LogP contribution in [0.2, 0.25) is 0 Å². The summed E-state index contributed by atoms with van der Waals surface area (Å²) in [6, 6.07) is 0. The lowest BCUT2D eigenvalue weighted by molar-refractivity contribution is -0.0757. The van der Waals surface area contributed by atoms with Crippen molar-refractivity contribution in [3.05, 3.63) is 23.5 Å². The zero-order valence-corrected chi connectivity index (χ0v) is 25.9. The van der Waals surface area contributed by atoms with Crippen LogP contribution in [0, 0.1) is 22.7 Å². The molecule has 3 rings (SSSR count). The van der Waals surface area contributed by atoms with Gasteiger partial charge in [-0.05, 0) is 37.7 Å². The Hall–Kier alpha value is 3.54. The molecule has 0 radical (unpaired) electrons. The minimum absolute atomic E-state index is 0.00657. The van der Waals surface area contributed by atoms with Crippen LogP contribution in [0.15, 0.2) is 23.5 Å². The van der Waals surface area contributed by atoms with Gasteiger partial charge in [0.25, 0.3) is 0 Å². The van der Waals surface area contributed by atoms with E-state index in [0.29, 0.717) is 5.92 Å². The topological polar surface area (TPSA) is 29.5 Å². The maximum atomic E-state index is 11.8. The molecule has 2 nitrogen and oxygen atoms in total. The van der Waals surface area contributed by atoms with Crippen molar-refractivity contribution < 1.29 is 9.63 Å². The maximum Gasteiger partial charge on any atom is 0.150 e. The summed E-state index contributed by atoms with van der Waals surface area (Å²) in [5, 5.41) is 11.8. The second kappa shape index (κ2) is 8.47. The molecule has 148 valence electrons. The van der Waals surface area contributed by atoms with E-state index in [-0.39, 0.29) is 37.7 Å². The lowest BCUT2D eigenvalue weighted by Crippen LogP contribution is -2.51. The molecule has 0 aromatic heterocycles. The summed E-state index contributed by atoms with van der Waals surface area (Å²) in [5.41, 5.74) is 0.285. The van der Waals surface area contributed by atoms with Crippen LogP contribution < -0.4 is 0 Å². The van der Waals surface area contributed by atoms with E-state index < -0.39 is 13.1 Å². The number of aliphatic hydroxyl groups is 1. The van der Waals surface area contributed by atoms with E-state index in [2.05, 4.69) is 84.5 Å². The predicted molar refractivity (Wildman–Crippen MR) is 146 cm³/mol. The standard InChI is InChI=1S/C14H30O2P10/c1-8-6-11(16-23(24(18)19)26(22-17)25(20)21)14-9(2)5-10(12(14,3)4)7-13(8,14)15/h5-6,8,10,15,22H,7,17-21H2,1-4H3/t8-,10?,13+,14?,23?,26?/m1/s1. The van der Waals surface area contributed by atoms with Gasteiger partial charge in [-0.15, -0.1) is 26.8 Å². The van der Waals surface area contributed by atoms with Crippen LogP contribution in [0.25, 0.3) is 0 Å². The van der Waals surface area contributed by atoms with Crippen LogP contribution in [0.3, 0.4) is 0 Å². The summed E-state index contributed by atoms with van der Waals surface area (Å²) in [6.45, 7) is 8.41. The zero-order valence-electron chi connectivity index (χ0n) is 15.5. The molecule has 0 aromatic carbocycles. The number of hydrogen-bond donors (Lipinski definition) is 1. The molecule has 12 atom stereocenters. The first-order valence-electron chi connectivity index (χ1n) is 8.42. The number of hydrogen-bond acceptors (Lipinski definition) is 2. The lowest BCUT2D eigenvalue weighted by atomic mass is 9.60. The summed E-state index contributed by atoms with van der Waals surface area (Å²) in [6.07, 6.45) is 5.53. The monoisotopic (exact) mass is 540 g/mol. The van der Waals surface area contributed by atoms with Gasteiger partial charge in [-0.2, -0.15) is 0 Å². The Morgan fingerprint density at radius 1 is 1.19 bits per heavy atom. The molecule has 10 unspecified atom stereocenters. The van der Waals surface area contributed by atoms with Crippen molar-refractivity contribution >= 4 is 81.1 Å². The highest BCUT2D eigenvalue weighted by Crippen LogP contribution is 3.10. The molecule has 1 fully saturated rings. The van der Waals surface area contributed by atoms with E-state index in [0.717, 1.165) is 20.1 Å². The van der Waals surface area contributed by atoms with E-state index in [1.165, 1.54) is 5.57 Å². The molecule has 2 bridgehead atoms. The first-order chi connectivity index (χ1) is 11.9. The van der Waals surface area contributed by atoms with Crippen molar-refractivity contribution in [2.45, 2.75) is 39.7 Å². The molecule has 1 spiro atoms. The molecule has 3 aliphatic rings. The van der Waals surface area contributed by atoms with Gasteiger partial charge in [0, 0.05) is 19.9 Å². The van der Waals surface area contributed by atoms with Gasteiger partial charge < -0.3 is 9.63 Å². The fourth-order valence-electron chi connectivity index (χ4n) is 5.44. The summed E-state index contributed by atoms with van der Waals surface area (Å²) < 4.78 is 6.99. The van der Waals surface area contributed by atoms with Gasteiger partial charge in [0.2, 0.25) is 0 Å². The molecule has 0 amide bonds. The third-order valence-corrected chi connectivity index (χ3v) is 53.6. The third kappa shape index (κ3) is 3.31. The normalized spacial score (nSPS) is 40.3. The Balaban J connectivity index is 2.05. The summed E-state index contributed by atoms with van der Waals surface area (Å²) in [4.78, 5) is 0. The highest BCUT2D eigenvalue weighted by molar-refractivity contribution is 9.10. The Morgan fingerprint density at radius 3 is 2.27 bits per heavy atom. The van der Waals surface area contributed by atoms with Gasteiger partial charge >= 0.3 is 0 Å². The molecule has 0 saturated heterocycles. The largest absolute Gasteiger partial charge is 0.467 e. The van der Waals surface area contributed by atoms with Gasteiger partial charge in [-0.1, -0.05) is 58.2 Å². The van der Waals surface area contributed by atoms with E-state index in [1.54, 1.807) is 0 Å². The summed E-state index contributed by atoms with van der Waals surface area (Å²) in [5.74, 6) is 1.66. The molecule has 12 heteroatoms. The number of allylic oxidation sites excluding steroid dienone is 1. The molecule has 0 heterocycles. The molecule has 0 aliphatic heterocycles. The molecule has 0 aromatic rings. The van der Waals surface area contributed by atoms with Gasteiger partial charge in [0.1, 0.15) is 13.3 Å². The highest BCUT2D eigenvalue weighted by atomic mass is 33.1. The van der Waals surface area contributed by atoms with E-state index in [4.69, 9.17) is 4.52 Å². The Labute approximate surface area is 176 Å².